The predicted molar refractivity (Wildman–Crippen MR) is 132 cm³/mol. The Morgan fingerprint density at radius 3 is 2.61 bits per heavy atom. The first-order chi connectivity index (χ1) is 15.9. The average molecular weight is 460 g/mol. The van der Waals surface area contributed by atoms with Crippen LogP contribution in [0.1, 0.15) is 27.7 Å². The number of nitrogen functional groups attached to an aromatic ring is 1. The summed E-state index contributed by atoms with van der Waals surface area (Å²) in [7, 11) is 3.86. The highest BCUT2D eigenvalue weighted by molar-refractivity contribution is 7.14. The standard InChI is InChI=1S/C24H25N7OS/c1-15-9-10-17(22(31(2)3)30-23(32)16-7-5-4-6-8-16)13-18(15)27-24-28-19(14-33-24)21-26-12-11-20(25)29-21/h4-14,22H,1-3H3,(H,27,28)(H,30,32)(H2,25,26,29). The number of anilines is 3. The summed E-state index contributed by atoms with van der Waals surface area (Å²) in [5.74, 6) is 0.760. The Hall–Kier alpha value is -3.82. The third kappa shape index (κ3) is 5.33. The minimum absolute atomic E-state index is 0.129. The number of rotatable bonds is 7. The highest BCUT2D eigenvalue weighted by Gasteiger charge is 2.19. The molecule has 0 aliphatic rings. The number of thiazole rings is 1. The fourth-order valence-corrected chi connectivity index (χ4v) is 4.00. The van der Waals surface area contributed by atoms with Gasteiger partial charge in [0, 0.05) is 22.8 Å². The molecule has 0 saturated carbocycles. The predicted octanol–water partition coefficient (Wildman–Crippen LogP) is 4.22. The van der Waals surface area contributed by atoms with E-state index >= 15 is 0 Å². The number of carbonyl (C=O) groups is 1. The fraction of sp³-hybridized carbons (Fsp3) is 0.167. The lowest BCUT2D eigenvalue weighted by atomic mass is 10.1. The van der Waals surface area contributed by atoms with Gasteiger partial charge in [0.15, 0.2) is 11.0 Å². The first-order valence-corrected chi connectivity index (χ1v) is 11.2. The summed E-state index contributed by atoms with van der Waals surface area (Å²) in [5.41, 5.74) is 9.95. The molecule has 0 aliphatic carbocycles. The molecule has 1 atom stereocenters. The summed E-state index contributed by atoms with van der Waals surface area (Å²) >= 11 is 1.46. The minimum Gasteiger partial charge on any atom is -0.384 e. The van der Waals surface area contributed by atoms with E-state index in [1.165, 1.54) is 11.3 Å². The molecule has 0 bridgehead atoms. The number of aromatic nitrogens is 3. The lowest BCUT2D eigenvalue weighted by Crippen LogP contribution is -2.37. The van der Waals surface area contributed by atoms with E-state index in [9.17, 15) is 4.79 Å². The van der Waals surface area contributed by atoms with Crippen LogP contribution in [0.3, 0.4) is 0 Å². The zero-order valence-electron chi connectivity index (χ0n) is 18.6. The van der Waals surface area contributed by atoms with Crippen LogP contribution in [0.15, 0.2) is 66.2 Å². The van der Waals surface area contributed by atoms with Crippen molar-refractivity contribution in [3.8, 4) is 11.5 Å². The molecule has 4 aromatic rings. The molecule has 168 valence electrons. The van der Waals surface area contributed by atoms with Gasteiger partial charge in [-0.05, 0) is 56.4 Å². The van der Waals surface area contributed by atoms with E-state index in [1.54, 1.807) is 24.4 Å². The van der Waals surface area contributed by atoms with Crippen LogP contribution >= 0.6 is 11.3 Å². The van der Waals surface area contributed by atoms with E-state index in [0.717, 1.165) is 16.8 Å². The first kappa shape index (κ1) is 22.4. The van der Waals surface area contributed by atoms with Crippen molar-refractivity contribution in [3.05, 3.63) is 82.9 Å². The number of nitrogens with two attached hydrogens (primary N) is 1. The topological polar surface area (TPSA) is 109 Å². The molecule has 0 fully saturated rings. The van der Waals surface area contributed by atoms with Gasteiger partial charge in [-0.25, -0.2) is 15.0 Å². The Balaban J connectivity index is 1.56. The molecule has 1 amide bonds. The first-order valence-electron chi connectivity index (χ1n) is 10.3. The van der Waals surface area contributed by atoms with Crippen LogP contribution in [0.25, 0.3) is 11.5 Å². The average Bonchev–Trinajstić information content (AvgIpc) is 3.28. The van der Waals surface area contributed by atoms with Gasteiger partial charge in [0.1, 0.15) is 17.7 Å². The van der Waals surface area contributed by atoms with Crippen LogP contribution in [0.2, 0.25) is 0 Å². The normalized spacial score (nSPS) is 11.9. The molecule has 0 radical (unpaired) electrons. The summed E-state index contributed by atoms with van der Waals surface area (Å²) < 4.78 is 0. The van der Waals surface area contributed by atoms with Gasteiger partial charge in [0.2, 0.25) is 0 Å². The van der Waals surface area contributed by atoms with E-state index in [4.69, 9.17) is 5.73 Å². The molecule has 8 nitrogen and oxygen atoms in total. The fourth-order valence-electron chi connectivity index (χ4n) is 3.30. The molecule has 4 N–H and O–H groups in total. The number of hydrogen-bond acceptors (Lipinski definition) is 8. The van der Waals surface area contributed by atoms with Crippen molar-refractivity contribution in [2.75, 3.05) is 25.1 Å². The van der Waals surface area contributed by atoms with Crippen LogP contribution in [-0.4, -0.2) is 39.9 Å². The van der Waals surface area contributed by atoms with Crippen LogP contribution in [0.5, 0.6) is 0 Å². The number of amides is 1. The zero-order valence-corrected chi connectivity index (χ0v) is 19.4. The van der Waals surface area contributed by atoms with E-state index in [2.05, 4.69) is 25.6 Å². The molecule has 2 aromatic heterocycles. The zero-order chi connectivity index (χ0) is 23.4. The number of carbonyl (C=O) groups excluding carboxylic acids is 1. The van der Waals surface area contributed by atoms with Crippen LogP contribution in [0.4, 0.5) is 16.6 Å². The van der Waals surface area contributed by atoms with E-state index in [0.29, 0.717) is 28.0 Å². The van der Waals surface area contributed by atoms with Gasteiger partial charge in [-0.3, -0.25) is 9.69 Å². The molecule has 2 heterocycles. The van der Waals surface area contributed by atoms with Gasteiger partial charge < -0.3 is 16.4 Å². The second-order valence-electron chi connectivity index (χ2n) is 7.75. The van der Waals surface area contributed by atoms with Crippen molar-refractivity contribution in [2.24, 2.45) is 0 Å². The van der Waals surface area contributed by atoms with Gasteiger partial charge in [0.05, 0.1) is 0 Å². The van der Waals surface area contributed by atoms with Crippen molar-refractivity contribution in [3.63, 3.8) is 0 Å². The van der Waals surface area contributed by atoms with Crippen molar-refractivity contribution in [1.29, 1.82) is 0 Å². The maximum Gasteiger partial charge on any atom is 0.252 e. The quantitative estimate of drug-likeness (QED) is 0.355. The van der Waals surface area contributed by atoms with Gasteiger partial charge in [-0.15, -0.1) is 11.3 Å². The number of benzene rings is 2. The number of nitrogens with zero attached hydrogens (tertiary/aromatic N) is 4. The maximum absolute atomic E-state index is 12.8. The molecule has 0 spiro atoms. The van der Waals surface area contributed by atoms with E-state index in [1.807, 2.05) is 67.7 Å². The monoisotopic (exact) mass is 459 g/mol. The molecule has 9 heteroatoms. The Kier molecular flexibility index (Phi) is 6.62. The smallest absolute Gasteiger partial charge is 0.252 e. The SMILES string of the molecule is Cc1ccc(C(NC(=O)c2ccccc2)N(C)C)cc1Nc1nc(-c2nccc(N)n2)cs1. The molecule has 4 rings (SSSR count). The Labute approximate surface area is 196 Å². The lowest BCUT2D eigenvalue weighted by Gasteiger charge is -2.26. The molecule has 33 heavy (non-hydrogen) atoms. The molecule has 0 saturated heterocycles. The van der Waals surface area contributed by atoms with Crippen LogP contribution in [0, 0.1) is 6.92 Å². The third-order valence-electron chi connectivity index (χ3n) is 5.05. The molecule has 0 aliphatic heterocycles. The second kappa shape index (κ2) is 9.76. The number of nitrogens with one attached hydrogen (secondary N) is 2. The summed E-state index contributed by atoms with van der Waals surface area (Å²) in [6, 6.07) is 16.9. The summed E-state index contributed by atoms with van der Waals surface area (Å²) in [5, 5.41) is 9.10. The Bertz CT molecular complexity index is 1260. The van der Waals surface area contributed by atoms with Crippen LogP contribution in [-0.2, 0) is 0 Å². The van der Waals surface area contributed by atoms with Gasteiger partial charge >= 0.3 is 0 Å². The van der Waals surface area contributed by atoms with Crippen molar-refractivity contribution < 1.29 is 4.79 Å². The van der Waals surface area contributed by atoms with Gasteiger partial charge in [-0.1, -0.05) is 30.3 Å². The second-order valence-corrected chi connectivity index (χ2v) is 8.61. The molecule has 1 unspecified atom stereocenters. The van der Waals surface area contributed by atoms with Crippen molar-refractivity contribution >= 4 is 33.9 Å². The lowest BCUT2D eigenvalue weighted by molar-refractivity contribution is 0.0889. The summed E-state index contributed by atoms with van der Waals surface area (Å²) in [6.45, 7) is 2.02. The molecule has 2 aromatic carbocycles. The minimum atomic E-state index is -0.300. The number of hydrogen-bond donors (Lipinski definition) is 3. The third-order valence-corrected chi connectivity index (χ3v) is 5.81. The molecular weight excluding hydrogens is 434 g/mol. The summed E-state index contributed by atoms with van der Waals surface area (Å²) in [6.07, 6.45) is 1.31. The highest BCUT2D eigenvalue weighted by Crippen LogP contribution is 2.29. The van der Waals surface area contributed by atoms with E-state index < -0.39 is 0 Å². The van der Waals surface area contributed by atoms with Crippen molar-refractivity contribution in [1.82, 2.24) is 25.2 Å². The Morgan fingerprint density at radius 2 is 1.88 bits per heavy atom. The van der Waals surface area contributed by atoms with Crippen molar-refractivity contribution in [2.45, 2.75) is 13.1 Å². The van der Waals surface area contributed by atoms with Crippen LogP contribution < -0.4 is 16.4 Å². The number of aryl methyl sites for hydroxylation is 1. The largest absolute Gasteiger partial charge is 0.384 e. The maximum atomic E-state index is 12.8. The molecular formula is C24H25N7OS. The highest BCUT2D eigenvalue weighted by atomic mass is 32.1. The Morgan fingerprint density at radius 1 is 1.09 bits per heavy atom. The van der Waals surface area contributed by atoms with E-state index in [-0.39, 0.29) is 12.1 Å². The van der Waals surface area contributed by atoms with Gasteiger partial charge in [-0.2, -0.15) is 0 Å². The summed E-state index contributed by atoms with van der Waals surface area (Å²) in [4.78, 5) is 27.8. The van der Waals surface area contributed by atoms with Gasteiger partial charge in [0.25, 0.3) is 5.91 Å².